The van der Waals surface area contributed by atoms with Gasteiger partial charge in [0, 0.05) is 6.04 Å². The van der Waals surface area contributed by atoms with Crippen molar-refractivity contribution in [2.75, 3.05) is 5.32 Å². The SMILES string of the molecule is CC(N)C(C)C(=O)Nc1nncs1.Cl. The van der Waals surface area contributed by atoms with Crippen LogP contribution in [0.2, 0.25) is 0 Å². The topological polar surface area (TPSA) is 80.9 Å². The summed E-state index contributed by atoms with van der Waals surface area (Å²) in [6, 6.07) is -0.159. The number of amides is 1. The van der Waals surface area contributed by atoms with Crippen molar-refractivity contribution >= 4 is 34.8 Å². The number of nitrogens with zero attached hydrogens (tertiary/aromatic N) is 2. The fraction of sp³-hybridized carbons (Fsp3) is 0.571. The van der Waals surface area contributed by atoms with Crippen LogP contribution in [0.25, 0.3) is 0 Å². The maximum Gasteiger partial charge on any atom is 0.230 e. The second-order valence-corrected chi connectivity index (χ2v) is 3.71. The fourth-order valence-electron chi connectivity index (χ4n) is 0.686. The van der Waals surface area contributed by atoms with Gasteiger partial charge in [0.15, 0.2) is 0 Å². The van der Waals surface area contributed by atoms with E-state index in [1.54, 1.807) is 19.4 Å². The van der Waals surface area contributed by atoms with Gasteiger partial charge in [-0.2, -0.15) is 0 Å². The van der Waals surface area contributed by atoms with Gasteiger partial charge in [-0.05, 0) is 6.92 Å². The lowest BCUT2D eigenvalue weighted by Crippen LogP contribution is -2.34. The Morgan fingerprint density at radius 2 is 2.29 bits per heavy atom. The average Bonchev–Trinajstić information content (AvgIpc) is 2.55. The molecule has 0 spiro atoms. The van der Waals surface area contributed by atoms with Gasteiger partial charge in [-0.25, -0.2) is 0 Å². The molecule has 0 aliphatic rings. The summed E-state index contributed by atoms with van der Waals surface area (Å²) < 4.78 is 0. The average molecular weight is 237 g/mol. The molecule has 2 atom stereocenters. The van der Waals surface area contributed by atoms with E-state index in [4.69, 9.17) is 5.73 Å². The second kappa shape index (κ2) is 5.90. The van der Waals surface area contributed by atoms with E-state index in [0.717, 1.165) is 0 Å². The molecule has 0 saturated heterocycles. The number of carbonyl (C=O) groups is 1. The van der Waals surface area contributed by atoms with Crippen molar-refractivity contribution in [1.29, 1.82) is 0 Å². The van der Waals surface area contributed by atoms with Crippen molar-refractivity contribution in [3.8, 4) is 0 Å². The number of carbonyl (C=O) groups excluding carboxylic acids is 1. The van der Waals surface area contributed by atoms with E-state index >= 15 is 0 Å². The maximum atomic E-state index is 11.4. The monoisotopic (exact) mass is 236 g/mol. The molecule has 14 heavy (non-hydrogen) atoms. The minimum Gasteiger partial charge on any atom is -0.327 e. The highest BCUT2D eigenvalue weighted by Gasteiger charge is 2.17. The summed E-state index contributed by atoms with van der Waals surface area (Å²) in [6.45, 7) is 3.57. The summed E-state index contributed by atoms with van der Waals surface area (Å²) in [6.07, 6.45) is 0. The Labute approximate surface area is 92.5 Å². The van der Waals surface area contributed by atoms with Gasteiger partial charge in [0.1, 0.15) is 5.51 Å². The van der Waals surface area contributed by atoms with Crippen LogP contribution in [0, 0.1) is 5.92 Å². The van der Waals surface area contributed by atoms with E-state index in [9.17, 15) is 4.79 Å². The summed E-state index contributed by atoms with van der Waals surface area (Å²) >= 11 is 1.29. The fourth-order valence-corrected chi connectivity index (χ4v) is 1.13. The van der Waals surface area contributed by atoms with Crippen molar-refractivity contribution in [3.05, 3.63) is 5.51 Å². The number of nitrogens with one attached hydrogen (secondary N) is 1. The molecule has 2 unspecified atom stereocenters. The minimum absolute atomic E-state index is 0. The molecule has 0 saturated carbocycles. The predicted molar refractivity (Wildman–Crippen MR) is 58.6 cm³/mol. The number of halogens is 1. The largest absolute Gasteiger partial charge is 0.327 e. The van der Waals surface area contributed by atoms with E-state index < -0.39 is 0 Å². The number of rotatable bonds is 3. The van der Waals surface area contributed by atoms with Gasteiger partial charge in [-0.15, -0.1) is 22.6 Å². The molecule has 80 valence electrons. The zero-order chi connectivity index (χ0) is 9.84. The number of hydrogen-bond donors (Lipinski definition) is 2. The van der Waals surface area contributed by atoms with Crippen LogP contribution in [0.5, 0.6) is 0 Å². The third kappa shape index (κ3) is 3.57. The summed E-state index contributed by atoms with van der Waals surface area (Å²) in [5.41, 5.74) is 7.13. The maximum absolute atomic E-state index is 11.4. The van der Waals surface area contributed by atoms with Gasteiger partial charge in [0.25, 0.3) is 0 Å². The first-order valence-electron chi connectivity index (χ1n) is 3.94. The molecular weight excluding hydrogens is 224 g/mol. The van der Waals surface area contributed by atoms with Crippen LogP contribution in [0.1, 0.15) is 13.8 Å². The molecule has 0 bridgehead atoms. The standard InChI is InChI=1S/C7H12N4OS.ClH/c1-4(5(2)8)6(12)10-7-11-9-3-13-7;/h3-5H,8H2,1-2H3,(H,10,11,12);1H. The molecule has 0 radical (unpaired) electrons. The molecule has 1 aromatic rings. The molecule has 0 aliphatic carbocycles. The van der Waals surface area contributed by atoms with Crippen LogP contribution in [-0.2, 0) is 4.79 Å². The summed E-state index contributed by atoms with van der Waals surface area (Å²) in [5, 5.41) is 10.4. The lowest BCUT2D eigenvalue weighted by atomic mass is 10.0. The number of anilines is 1. The molecule has 3 N–H and O–H groups in total. The number of nitrogens with two attached hydrogens (primary N) is 1. The van der Waals surface area contributed by atoms with Gasteiger partial charge in [-0.3, -0.25) is 4.79 Å². The summed E-state index contributed by atoms with van der Waals surface area (Å²) in [7, 11) is 0. The van der Waals surface area contributed by atoms with E-state index in [2.05, 4.69) is 15.5 Å². The molecule has 5 nitrogen and oxygen atoms in total. The highest BCUT2D eigenvalue weighted by Crippen LogP contribution is 2.10. The number of hydrogen-bond acceptors (Lipinski definition) is 5. The van der Waals surface area contributed by atoms with Crippen molar-refractivity contribution in [1.82, 2.24) is 10.2 Å². The minimum atomic E-state index is -0.219. The quantitative estimate of drug-likeness (QED) is 0.817. The molecule has 1 aromatic heterocycles. The zero-order valence-corrected chi connectivity index (χ0v) is 9.56. The Balaban J connectivity index is 0.00000169. The van der Waals surface area contributed by atoms with Gasteiger partial charge in [0.05, 0.1) is 5.92 Å². The lowest BCUT2D eigenvalue weighted by Gasteiger charge is -2.13. The molecule has 1 rings (SSSR count). The van der Waals surface area contributed by atoms with Crippen molar-refractivity contribution in [2.24, 2.45) is 11.7 Å². The summed E-state index contributed by atoms with van der Waals surface area (Å²) in [5.74, 6) is -0.337. The van der Waals surface area contributed by atoms with Gasteiger partial charge in [-0.1, -0.05) is 18.3 Å². The van der Waals surface area contributed by atoms with Crippen LogP contribution in [-0.4, -0.2) is 22.1 Å². The van der Waals surface area contributed by atoms with Crippen LogP contribution < -0.4 is 11.1 Å². The Kier molecular flexibility index (Phi) is 5.59. The third-order valence-electron chi connectivity index (χ3n) is 1.79. The van der Waals surface area contributed by atoms with Gasteiger partial charge >= 0.3 is 0 Å². The Morgan fingerprint density at radius 3 is 2.71 bits per heavy atom. The van der Waals surface area contributed by atoms with Crippen molar-refractivity contribution in [3.63, 3.8) is 0 Å². The molecule has 1 heterocycles. The molecule has 0 aliphatic heterocycles. The normalized spacial score (nSPS) is 13.9. The van der Waals surface area contributed by atoms with E-state index in [1.165, 1.54) is 11.3 Å². The van der Waals surface area contributed by atoms with Gasteiger partial charge in [0.2, 0.25) is 11.0 Å². The molecule has 1 amide bonds. The molecule has 0 fully saturated rings. The van der Waals surface area contributed by atoms with Gasteiger partial charge < -0.3 is 11.1 Å². The lowest BCUT2D eigenvalue weighted by molar-refractivity contribution is -0.119. The zero-order valence-electron chi connectivity index (χ0n) is 7.93. The van der Waals surface area contributed by atoms with Crippen molar-refractivity contribution < 1.29 is 4.79 Å². The number of aromatic nitrogens is 2. The van der Waals surface area contributed by atoms with Crippen LogP contribution >= 0.6 is 23.7 Å². The first-order chi connectivity index (χ1) is 6.11. The molecule has 0 aromatic carbocycles. The van der Waals surface area contributed by atoms with Crippen LogP contribution in [0.4, 0.5) is 5.13 Å². The highest BCUT2D eigenvalue weighted by atomic mass is 35.5. The highest BCUT2D eigenvalue weighted by molar-refractivity contribution is 7.13. The van der Waals surface area contributed by atoms with Crippen LogP contribution in [0.15, 0.2) is 5.51 Å². The molecule has 7 heteroatoms. The predicted octanol–water partition coefficient (Wildman–Crippen LogP) is 0.882. The van der Waals surface area contributed by atoms with E-state index in [-0.39, 0.29) is 30.3 Å². The van der Waals surface area contributed by atoms with Crippen molar-refractivity contribution in [2.45, 2.75) is 19.9 Å². The first-order valence-corrected chi connectivity index (χ1v) is 4.82. The third-order valence-corrected chi connectivity index (χ3v) is 2.40. The van der Waals surface area contributed by atoms with E-state index in [0.29, 0.717) is 5.13 Å². The molecular formula is C7H13ClN4OS. The first kappa shape index (κ1) is 13.3. The smallest absolute Gasteiger partial charge is 0.230 e. The Morgan fingerprint density at radius 1 is 1.64 bits per heavy atom. The second-order valence-electron chi connectivity index (χ2n) is 2.88. The van der Waals surface area contributed by atoms with E-state index in [1.807, 2.05) is 0 Å². The summed E-state index contributed by atoms with van der Waals surface area (Å²) in [4.78, 5) is 11.4. The Bertz CT molecular complexity index is 277. The van der Waals surface area contributed by atoms with Crippen LogP contribution in [0.3, 0.4) is 0 Å². The Hall–Kier alpha value is -0.720.